The molecule has 0 aliphatic rings. The van der Waals surface area contributed by atoms with E-state index < -0.39 is 5.82 Å². The third-order valence-electron chi connectivity index (χ3n) is 1.87. The molecule has 0 unspecified atom stereocenters. The second-order valence-electron chi connectivity index (χ2n) is 2.97. The maximum atomic E-state index is 12.9. The molecule has 78 valence electrons. The number of nitrogens with zero attached hydrogens (tertiary/aromatic N) is 2. The molecule has 0 spiro atoms. The first-order chi connectivity index (χ1) is 7.25. The number of rotatable bonds is 3. The van der Waals surface area contributed by atoms with E-state index in [2.05, 4.69) is 20.5 Å². The number of aromatic amines is 1. The SMILES string of the molecule is Oc1ccc(CNc2[nH]ncc2F)cn1. The maximum absolute atomic E-state index is 12.9. The fourth-order valence-electron chi connectivity index (χ4n) is 1.11. The van der Waals surface area contributed by atoms with Crippen molar-refractivity contribution in [3.8, 4) is 5.88 Å². The van der Waals surface area contributed by atoms with E-state index in [0.29, 0.717) is 6.54 Å². The van der Waals surface area contributed by atoms with E-state index in [4.69, 9.17) is 5.11 Å². The summed E-state index contributed by atoms with van der Waals surface area (Å²) in [6, 6.07) is 3.17. The van der Waals surface area contributed by atoms with E-state index in [0.717, 1.165) is 11.8 Å². The molecule has 2 rings (SSSR count). The molecule has 2 heterocycles. The highest BCUT2D eigenvalue weighted by Crippen LogP contribution is 2.10. The van der Waals surface area contributed by atoms with E-state index in [1.807, 2.05) is 0 Å². The first kappa shape index (κ1) is 9.45. The summed E-state index contributed by atoms with van der Waals surface area (Å²) in [7, 11) is 0. The lowest BCUT2D eigenvalue weighted by atomic mass is 10.3. The smallest absolute Gasteiger partial charge is 0.210 e. The molecule has 0 amide bonds. The minimum absolute atomic E-state index is 0.0357. The molecular formula is C9H9FN4O. The Morgan fingerprint density at radius 2 is 2.27 bits per heavy atom. The van der Waals surface area contributed by atoms with Gasteiger partial charge >= 0.3 is 0 Å². The Balaban J connectivity index is 1.99. The zero-order valence-electron chi connectivity index (χ0n) is 7.74. The lowest BCUT2D eigenvalue weighted by Gasteiger charge is -2.03. The van der Waals surface area contributed by atoms with Gasteiger partial charge in [-0.15, -0.1) is 0 Å². The number of hydrogen-bond acceptors (Lipinski definition) is 4. The molecular weight excluding hydrogens is 199 g/mol. The fourth-order valence-corrected chi connectivity index (χ4v) is 1.11. The number of nitrogens with one attached hydrogen (secondary N) is 2. The second-order valence-corrected chi connectivity index (χ2v) is 2.97. The zero-order valence-corrected chi connectivity index (χ0v) is 7.74. The van der Waals surface area contributed by atoms with Crippen LogP contribution < -0.4 is 5.32 Å². The summed E-state index contributed by atoms with van der Waals surface area (Å²) in [6.45, 7) is 0.409. The molecule has 0 saturated carbocycles. The van der Waals surface area contributed by atoms with E-state index >= 15 is 0 Å². The lowest BCUT2D eigenvalue weighted by Crippen LogP contribution is -2.01. The molecule has 15 heavy (non-hydrogen) atoms. The van der Waals surface area contributed by atoms with Crippen molar-refractivity contribution >= 4 is 5.82 Å². The molecule has 5 nitrogen and oxygen atoms in total. The summed E-state index contributed by atoms with van der Waals surface area (Å²) in [5.74, 6) is -0.226. The van der Waals surface area contributed by atoms with Crippen LogP contribution >= 0.6 is 0 Å². The van der Waals surface area contributed by atoms with Crippen LogP contribution in [0.2, 0.25) is 0 Å². The van der Waals surface area contributed by atoms with Gasteiger partial charge in [-0.25, -0.2) is 9.37 Å². The third kappa shape index (κ3) is 2.22. The van der Waals surface area contributed by atoms with Crippen LogP contribution in [0.3, 0.4) is 0 Å². The van der Waals surface area contributed by atoms with Gasteiger partial charge in [0.2, 0.25) is 5.88 Å². The molecule has 2 aromatic heterocycles. The van der Waals surface area contributed by atoms with Gasteiger partial charge in [-0.2, -0.15) is 5.10 Å². The van der Waals surface area contributed by atoms with Crippen LogP contribution in [-0.2, 0) is 6.54 Å². The maximum Gasteiger partial charge on any atom is 0.210 e. The number of hydrogen-bond donors (Lipinski definition) is 3. The average Bonchev–Trinajstić information content (AvgIpc) is 2.63. The van der Waals surface area contributed by atoms with Gasteiger partial charge in [0.15, 0.2) is 11.6 Å². The van der Waals surface area contributed by atoms with Crippen molar-refractivity contribution in [1.82, 2.24) is 15.2 Å². The Kier molecular flexibility index (Phi) is 2.49. The Hall–Kier alpha value is -2.11. The molecule has 0 atom stereocenters. The van der Waals surface area contributed by atoms with Gasteiger partial charge in [0.1, 0.15) is 0 Å². The average molecular weight is 208 g/mol. The summed E-state index contributed by atoms with van der Waals surface area (Å²) in [5, 5.41) is 17.8. The zero-order chi connectivity index (χ0) is 10.7. The van der Waals surface area contributed by atoms with Crippen molar-refractivity contribution in [2.75, 3.05) is 5.32 Å². The molecule has 0 bridgehead atoms. The van der Waals surface area contributed by atoms with Crippen LogP contribution in [0.4, 0.5) is 10.2 Å². The molecule has 0 aliphatic carbocycles. The fraction of sp³-hybridized carbons (Fsp3) is 0.111. The molecule has 0 radical (unpaired) electrons. The number of H-pyrrole nitrogens is 1. The van der Waals surface area contributed by atoms with Crippen molar-refractivity contribution in [3.63, 3.8) is 0 Å². The predicted octanol–water partition coefficient (Wildman–Crippen LogP) is 1.26. The second kappa shape index (κ2) is 3.95. The Morgan fingerprint density at radius 1 is 1.40 bits per heavy atom. The molecule has 0 aromatic carbocycles. The van der Waals surface area contributed by atoms with Gasteiger partial charge in [0, 0.05) is 18.8 Å². The first-order valence-corrected chi connectivity index (χ1v) is 4.32. The molecule has 0 aliphatic heterocycles. The number of halogens is 1. The van der Waals surface area contributed by atoms with Crippen LogP contribution in [0.1, 0.15) is 5.56 Å². The standard InChI is InChI=1S/C9H9FN4O/c10-7-5-13-14-9(7)12-4-6-1-2-8(15)11-3-6/h1-3,5H,4H2,(H,11,15)(H2,12,13,14). The van der Waals surface area contributed by atoms with Crippen molar-refractivity contribution in [1.29, 1.82) is 0 Å². The number of aromatic hydroxyl groups is 1. The van der Waals surface area contributed by atoms with Gasteiger partial charge < -0.3 is 10.4 Å². The Bertz CT molecular complexity index is 440. The number of anilines is 1. The van der Waals surface area contributed by atoms with Crippen LogP contribution in [0.25, 0.3) is 0 Å². The topological polar surface area (TPSA) is 73.8 Å². The highest BCUT2D eigenvalue weighted by molar-refractivity contribution is 5.35. The summed E-state index contributed by atoms with van der Waals surface area (Å²) >= 11 is 0. The largest absolute Gasteiger partial charge is 0.493 e. The van der Waals surface area contributed by atoms with E-state index in [1.54, 1.807) is 6.07 Å². The molecule has 6 heteroatoms. The third-order valence-corrected chi connectivity index (χ3v) is 1.87. The number of aromatic nitrogens is 3. The van der Waals surface area contributed by atoms with Crippen molar-refractivity contribution in [2.24, 2.45) is 0 Å². The van der Waals surface area contributed by atoms with E-state index in [9.17, 15) is 4.39 Å². The summed E-state index contributed by atoms with van der Waals surface area (Å²) in [4.78, 5) is 3.70. The summed E-state index contributed by atoms with van der Waals surface area (Å²) in [5.41, 5.74) is 0.835. The summed E-state index contributed by atoms with van der Waals surface area (Å²) in [6.07, 6.45) is 2.61. The minimum Gasteiger partial charge on any atom is -0.493 e. The van der Waals surface area contributed by atoms with Gasteiger partial charge in [-0.05, 0) is 5.56 Å². The van der Waals surface area contributed by atoms with Crippen LogP contribution in [-0.4, -0.2) is 20.3 Å². The normalized spacial score (nSPS) is 10.2. The van der Waals surface area contributed by atoms with Crippen molar-refractivity contribution in [2.45, 2.75) is 6.54 Å². The molecule has 0 fully saturated rings. The van der Waals surface area contributed by atoms with Crippen LogP contribution in [0.5, 0.6) is 5.88 Å². The quantitative estimate of drug-likeness (QED) is 0.710. The highest BCUT2D eigenvalue weighted by Gasteiger charge is 2.02. The Morgan fingerprint density at radius 3 is 2.87 bits per heavy atom. The molecule has 2 aromatic rings. The van der Waals surface area contributed by atoms with Gasteiger partial charge in [0.05, 0.1) is 6.20 Å². The van der Waals surface area contributed by atoms with Crippen LogP contribution in [0, 0.1) is 5.82 Å². The number of pyridine rings is 1. The van der Waals surface area contributed by atoms with Gasteiger partial charge in [0.25, 0.3) is 0 Å². The Labute approximate surface area is 85.0 Å². The monoisotopic (exact) mass is 208 g/mol. The first-order valence-electron chi connectivity index (χ1n) is 4.32. The molecule has 0 saturated heterocycles. The minimum atomic E-state index is -0.429. The lowest BCUT2D eigenvalue weighted by molar-refractivity contribution is 0.453. The summed E-state index contributed by atoms with van der Waals surface area (Å²) < 4.78 is 12.9. The van der Waals surface area contributed by atoms with E-state index in [-0.39, 0.29) is 11.7 Å². The van der Waals surface area contributed by atoms with Gasteiger partial charge in [-0.1, -0.05) is 6.07 Å². The van der Waals surface area contributed by atoms with Crippen LogP contribution in [0.15, 0.2) is 24.5 Å². The van der Waals surface area contributed by atoms with E-state index in [1.165, 1.54) is 12.3 Å². The molecule has 3 N–H and O–H groups in total. The van der Waals surface area contributed by atoms with Crippen molar-refractivity contribution in [3.05, 3.63) is 35.9 Å². The van der Waals surface area contributed by atoms with Crippen molar-refractivity contribution < 1.29 is 9.50 Å². The van der Waals surface area contributed by atoms with Gasteiger partial charge in [-0.3, -0.25) is 5.10 Å². The predicted molar refractivity (Wildman–Crippen MR) is 51.8 cm³/mol. The highest BCUT2D eigenvalue weighted by atomic mass is 19.1.